The van der Waals surface area contributed by atoms with Gasteiger partial charge in [0.15, 0.2) is 5.60 Å². The second kappa shape index (κ2) is 8.97. The number of halogens is 1. The van der Waals surface area contributed by atoms with Crippen LogP contribution >= 0.6 is 22.6 Å². The minimum Gasteiger partial charge on any atom is -0.394 e. The molecule has 0 bridgehead atoms. The van der Waals surface area contributed by atoms with Crippen molar-refractivity contribution in [3.05, 3.63) is 52.1 Å². The minimum absolute atomic E-state index is 0.0192. The number of carbonyl (C=O) groups is 2. The summed E-state index contributed by atoms with van der Waals surface area (Å²) in [6.07, 6.45) is 7.00. The van der Waals surface area contributed by atoms with Crippen molar-refractivity contribution in [3.8, 4) is 0 Å². The molecule has 1 aromatic rings. The van der Waals surface area contributed by atoms with E-state index in [9.17, 15) is 19.8 Å². The third-order valence-corrected chi connectivity index (χ3v) is 6.50. The third-order valence-electron chi connectivity index (χ3n) is 5.83. The molecule has 2 N–H and O–H groups in total. The third kappa shape index (κ3) is 4.00. The van der Waals surface area contributed by atoms with Crippen molar-refractivity contribution >= 4 is 40.1 Å². The fraction of sp³-hybridized carbons (Fsp3) is 0.455. The Balaban J connectivity index is 1.79. The van der Waals surface area contributed by atoms with Crippen molar-refractivity contribution in [1.29, 1.82) is 0 Å². The van der Waals surface area contributed by atoms with Crippen LogP contribution in [0.4, 0.5) is 5.69 Å². The number of hydrogen-bond donors (Lipinski definition) is 2. The summed E-state index contributed by atoms with van der Waals surface area (Å²) in [6, 6.07) is 5.48. The average molecular weight is 510 g/mol. The number of rotatable bonds is 7. The molecule has 0 spiro atoms. The minimum atomic E-state index is -1.68. The van der Waals surface area contributed by atoms with E-state index in [0.29, 0.717) is 24.3 Å². The summed E-state index contributed by atoms with van der Waals surface area (Å²) in [5.41, 5.74) is -0.406. The van der Waals surface area contributed by atoms with Crippen molar-refractivity contribution in [2.24, 2.45) is 5.92 Å². The molecule has 29 heavy (non-hydrogen) atoms. The number of hydrogen-bond acceptors (Lipinski definition) is 4. The van der Waals surface area contributed by atoms with Gasteiger partial charge in [-0.05, 0) is 53.6 Å². The molecule has 3 rings (SSSR count). The van der Waals surface area contributed by atoms with Gasteiger partial charge in [0.2, 0.25) is 5.91 Å². The molecule has 1 fully saturated rings. The molecule has 0 radical (unpaired) electrons. The zero-order valence-electron chi connectivity index (χ0n) is 16.6. The smallest absolute Gasteiger partial charge is 0.264 e. The van der Waals surface area contributed by atoms with E-state index in [1.54, 1.807) is 35.0 Å². The Morgan fingerprint density at radius 1 is 1.48 bits per heavy atom. The number of anilines is 1. The molecular formula is C22H27IN2O4. The summed E-state index contributed by atoms with van der Waals surface area (Å²) >= 11 is 2.16. The maximum Gasteiger partial charge on any atom is 0.264 e. The molecule has 0 aromatic heterocycles. The lowest BCUT2D eigenvalue weighted by molar-refractivity contribution is -0.139. The number of carbonyl (C=O) groups excluding carboxylic acids is 2. The van der Waals surface area contributed by atoms with E-state index in [2.05, 4.69) is 29.2 Å². The summed E-state index contributed by atoms with van der Waals surface area (Å²) in [5, 5.41) is 20.8. The summed E-state index contributed by atoms with van der Waals surface area (Å²) in [6.45, 7) is 6.46. The Bertz CT molecular complexity index is 840. The first kappa shape index (κ1) is 22.0. The van der Waals surface area contributed by atoms with Gasteiger partial charge in [-0.1, -0.05) is 25.2 Å². The van der Waals surface area contributed by atoms with Crippen LogP contribution in [0.15, 0.2) is 43.0 Å². The quantitative estimate of drug-likeness (QED) is 0.437. The van der Waals surface area contributed by atoms with Crippen molar-refractivity contribution < 1.29 is 19.8 Å². The Morgan fingerprint density at radius 2 is 2.24 bits per heavy atom. The average Bonchev–Trinajstić information content (AvgIpc) is 3.26. The monoisotopic (exact) mass is 510 g/mol. The number of aliphatic hydroxyl groups excluding tert-OH is 1. The van der Waals surface area contributed by atoms with E-state index in [0.717, 1.165) is 16.4 Å². The molecule has 0 aliphatic carbocycles. The van der Waals surface area contributed by atoms with Gasteiger partial charge >= 0.3 is 0 Å². The fourth-order valence-electron chi connectivity index (χ4n) is 4.21. The lowest BCUT2D eigenvalue weighted by Gasteiger charge is -2.27. The fourth-order valence-corrected chi connectivity index (χ4v) is 4.70. The normalized spacial score (nSPS) is 25.0. The van der Waals surface area contributed by atoms with Gasteiger partial charge in [0, 0.05) is 34.6 Å². The van der Waals surface area contributed by atoms with E-state index in [1.165, 1.54) is 0 Å². The number of nitrogens with zero attached hydrogens (tertiary/aromatic N) is 2. The van der Waals surface area contributed by atoms with E-state index < -0.39 is 11.5 Å². The summed E-state index contributed by atoms with van der Waals surface area (Å²) in [5.74, 6) is -0.933. The Hall–Kier alpha value is -1.71. The molecule has 1 aromatic carbocycles. The van der Waals surface area contributed by atoms with E-state index in [-0.39, 0.29) is 30.9 Å². The number of fused-ring (bicyclic) bond motifs is 1. The molecule has 6 nitrogen and oxygen atoms in total. The summed E-state index contributed by atoms with van der Waals surface area (Å²) in [7, 11) is 0. The number of benzene rings is 1. The van der Waals surface area contributed by atoms with Gasteiger partial charge in [-0.3, -0.25) is 9.59 Å². The van der Waals surface area contributed by atoms with Crippen molar-refractivity contribution in [1.82, 2.24) is 4.90 Å². The van der Waals surface area contributed by atoms with Crippen molar-refractivity contribution in [3.63, 3.8) is 0 Å². The first-order chi connectivity index (χ1) is 13.8. The van der Waals surface area contributed by atoms with Crippen LogP contribution in [0.3, 0.4) is 0 Å². The molecule has 3 atom stereocenters. The predicted octanol–water partition coefficient (Wildman–Crippen LogP) is 2.58. The van der Waals surface area contributed by atoms with Gasteiger partial charge < -0.3 is 20.0 Å². The Morgan fingerprint density at radius 3 is 2.93 bits per heavy atom. The molecule has 156 valence electrons. The van der Waals surface area contributed by atoms with Gasteiger partial charge in [0.1, 0.15) is 0 Å². The van der Waals surface area contributed by atoms with Gasteiger partial charge in [-0.25, -0.2) is 0 Å². The zero-order valence-corrected chi connectivity index (χ0v) is 18.7. The van der Waals surface area contributed by atoms with Gasteiger partial charge in [0.05, 0.1) is 18.3 Å². The Labute approximate surface area is 185 Å². The SMILES string of the molecule is C=CCN1C(=O)[C@](O)([C@H](C)/C=C/CC(=O)N2CCC[C@H]2CO)c2cc(I)ccc21. The van der Waals surface area contributed by atoms with Crippen LogP contribution in [0.25, 0.3) is 0 Å². The highest BCUT2D eigenvalue weighted by Gasteiger charge is 2.52. The molecule has 2 amide bonds. The maximum absolute atomic E-state index is 13.1. The molecule has 7 heteroatoms. The molecule has 2 aliphatic heterocycles. The zero-order chi connectivity index (χ0) is 21.2. The van der Waals surface area contributed by atoms with Gasteiger partial charge in [-0.15, -0.1) is 6.58 Å². The van der Waals surface area contributed by atoms with Crippen LogP contribution in [0.1, 0.15) is 31.7 Å². The van der Waals surface area contributed by atoms with Crippen LogP contribution < -0.4 is 4.90 Å². The predicted molar refractivity (Wildman–Crippen MR) is 120 cm³/mol. The molecule has 2 aliphatic rings. The topological polar surface area (TPSA) is 81.1 Å². The maximum atomic E-state index is 13.1. The first-order valence-corrected chi connectivity index (χ1v) is 10.9. The summed E-state index contributed by atoms with van der Waals surface area (Å²) in [4.78, 5) is 28.8. The number of aliphatic hydroxyl groups is 2. The lowest BCUT2D eigenvalue weighted by Crippen LogP contribution is -2.44. The Kier molecular flexibility index (Phi) is 6.80. The van der Waals surface area contributed by atoms with Crippen LogP contribution in [0.5, 0.6) is 0 Å². The standard InChI is InChI=1S/C22H27IN2O4/c1-3-11-25-19-10-9-16(23)13-18(19)22(29,21(25)28)15(2)6-4-8-20(27)24-12-5-7-17(24)14-26/h3-4,6,9-10,13,15,17,26,29H,1,5,7-8,11-12,14H2,2H3/b6-4+/t15-,17+,22+/m1/s1. The van der Waals surface area contributed by atoms with E-state index >= 15 is 0 Å². The van der Waals surface area contributed by atoms with Crippen LogP contribution in [-0.2, 0) is 15.2 Å². The molecule has 0 saturated carbocycles. The second-order valence-electron chi connectivity index (χ2n) is 7.62. The van der Waals surface area contributed by atoms with Gasteiger partial charge in [-0.2, -0.15) is 0 Å². The molecule has 2 heterocycles. The van der Waals surface area contributed by atoms with Crippen molar-refractivity contribution in [2.45, 2.75) is 37.8 Å². The van der Waals surface area contributed by atoms with E-state index in [1.807, 2.05) is 18.2 Å². The van der Waals surface area contributed by atoms with Crippen molar-refractivity contribution in [2.75, 3.05) is 24.6 Å². The molecular weight excluding hydrogens is 483 g/mol. The largest absolute Gasteiger partial charge is 0.394 e. The highest BCUT2D eigenvalue weighted by Crippen LogP contribution is 2.45. The van der Waals surface area contributed by atoms with Crippen LogP contribution in [0.2, 0.25) is 0 Å². The number of amides is 2. The van der Waals surface area contributed by atoms with Crippen LogP contribution in [0, 0.1) is 9.49 Å². The molecule has 0 unspecified atom stereocenters. The first-order valence-electron chi connectivity index (χ1n) is 9.86. The molecule has 1 saturated heterocycles. The summed E-state index contributed by atoms with van der Waals surface area (Å²) < 4.78 is 0.934. The van der Waals surface area contributed by atoms with Crippen LogP contribution in [-0.4, -0.2) is 52.7 Å². The number of likely N-dealkylation sites (tertiary alicyclic amines) is 1. The second-order valence-corrected chi connectivity index (χ2v) is 8.86. The lowest BCUT2D eigenvalue weighted by atomic mass is 9.83. The highest BCUT2D eigenvalue weighted by molar-refractivity contribution is 14.1. The van der Waals surface area contributed by atoms with Gasteiger partial charge in [0.25, 0.3) is 5.91 Å². The highest BCUT2D eigenvalue weighted by atomic mass is 127. The van der Waals surface area contributed by atoms with E-state index in [4.69, 9.17) is 0 Å².